The van der Waals surface area contributed by atoms with E-state index in [0.29, 0.717) is 0 Å². The fourth-order valence-corrected chi connectivity index (χ4v) is 1.19. The molecule has 4 nitrogen and oxygen atoms in total. The molecule has 0 unspecified atom stereocenters. The molecule has 0 aliphatic heterocycles. The lowest BCUT2D eigenvalue weighted by molar-refractivity contribution is -0.384. The maximum atomic E-state index is 10.4. The summed E-state index contributed by atoms with van der Waals surface area (Å²) in [4.78, 5) is 9.98. The van der Waals surface area contributed by atoms with Gasteiger partial charge in [0.05, 0.1) is 4.92 Å². The molecule has 0 saturated carbocycles. The largest absolute Gasteiger partial charge is 0.317 e. The van der Waals surface area contributed by atoms with Gasteiger partial charge < -0.3 is 5.32 Å². The number of nitro benzene ring substituents is 1. The maximum absolute atomic E-state index is 10.4. The molecule has 0 spiro atoms. The summed E-state index contributed by atoms with van der Waals surface area (Å²) in [5.74, 6) is 0. The van der Waals surface area contributed by atoms with Gasteiger partial charge in [0.1, 0.15) is 0 Å². The Labute approximate surface area is 99.6 Å². The first-order valence-electron chi connectivity index (χ1n) is 4.68. The summed E-state index contributed by atoms with van der Waals surface area (Å²) in [6.07, 6.45) is 0.909. The van der Waals surface area contributed by atoms with Gasteiger partial charge in [0.15, 0.2) is 0 Å². The van der Waals surface area contributed by atoms with Gasteiger partial charge in [-0.25, -0.2) is 0 Å². The molecule has 15 heavy (non-hydrogen) atoms. The number of hydrogen-bond donors (Lipinski definition) is 1. The van der Waals surface area contributed by atoms with Crippen LogP contribution in [0.5, 0.6) is 0 Å². The maximum Gasteiger partial charge on any atom is 0.269 e. The molecule has 5 heteroatoms. The average molecular weight is 275 g/mol. The number of benzene rings is 1. The van der Waals surface area contributed by atoms with Crippen molar-refractivity contribution in [3.8, 4) is 0 Å². The molecule has 0 bridgehead atoms. The summed E-state index contributed by atoms with van der Waals surface area (Å²) in [7, 11) is 0. The Bertz CT molecular complexity index is 301. The van der Waals surface area contributed by atoms with E-state index >= 15 is 0 Å². The van der Waals surface area contributed by atoms with E-state index in [-0.39, 0.29) is 27.6 Å². The number of hydrogen-bond acceptors (Lipinski definition) is 3. The van der Waals surface area contributed by atoms with Gasteiger partial charge in [0, 0.05) is 12.1 Å². The normalized spacial score (nSPS) is 9.40. The minimum Gasteiger partial charge on any atom is -0.317 e. The third kappa shape index (κ3) is 4.90. The summed E-state index contributed by atoms with van der Waals surface area (Å²) < 4.78 is 0. The Morgan fingerprint density at radius 2 is 1.93 bits per heavy atom. The van der Waals surface area contributed by atoms with Crippen molar-refractivity contribution in [1.82, 2.24) is 5.32 Å². The van der Waals surface area contributed by atoms with Crippen molar-refractivity contribution in [1.29, 1.82) is 0 Å². The monoisotopic (exact) mass is 274 g/mol. The van der Waals surface area contributed by atoms with Crippen LogP contribution in [0.25, 0.3) is 0 Å². The van der Waals surface area contributed by atoms with E-state index in [1.54, 1.807) is 24.3 Å². The summed E-state index contributed by atoms with van der Waals surface area (Å²) in [6.45, 7) is 3.91. The predicted octanol–water partition coefficient (Wildman–Crippen LogP) is 2.32. The zero-order chi connectivity index (χ0) is 10.4. The van der Waals surface area contributed by atoms with Gasteiger partial charge in [0.25, 0.3) is 5.69 Å². The van der Waals surface area contributed by atoms with Gasteiger partial charge in [-0.15, -0.1) is 17.0 Å². The molecule has 0 saturated heterocycles. The van der Waals surface area contributed by atoms with Crippen LogP contribution in [0.4, 0.5) is 5.69 Å². The second-order valence-electron chi connectivity index (χ2n) is 3.03. The van der Waals surface area contributed by atoms with Crippen molar-refractivity contribution < 1.29 is 4.92 Å². The molecular formula is C10H15BrN2O2. The van der Waals surface area contributed by atoms with Crippen molar-refractivity contribution in [2.45, 2.75) is 13.3 Å². The lowest BCUT2D eigenvalue weighted by atomic mass is 10.1. The van der Waals surface area contributed by atoms with Gasteiger partial charge >= 0.3 is 0 Å². The molecule has 1 rings (SSSR count). The number of nitrogens with one attached hydrogen (secondary N) is 1. The number of halogens is 1. The molecule has 1 aromatic rings. The predicted molar refractivity (Wildman–Crippen MR) is 65.7 cm³/mol. The summed E-state index contributed by atoms with van der Waals surface area (Å²) in [5.41, 5.74) is 1.27. The molecular weight excluding hydrogens is 260 g/mol. The van der Waals surface area contributed by atoms with Gasteiger partial charge in [0.2, 0.25) is 0 Å². The fourth-order valence-electron chi connectivity index (χ4n) is 1.19. The molecule has 0 amide bonds. The highest BCUT2D eigenvalue weighted by Crippen LogP contribution is 2.11. The number of non-ortho nitro benzene ring substituents is 1. The van der Waals surface area contributed by atoms with E-state index in [9.17, 15) is 10.1 Å². The lowest BCUT2D eigenvalue weighted by Gasteiger charge is -2.01. The Morgan fingerprint density at radius 1 is 1.33 bits per heavy atom. The summed E-state index contributed by atoms with van der Waals surface area (Å²) >= 11 is 0. The van der Waals surface area contributed by atoms with Gasteiger partial charge in [-0.2, -0.15) is 0 Å². The summed E-state index contributed by atoms with van der Waals surface area (Å²) in [5, 5.41) is 13.6. The minimum absolute atomic E-state index is 0. The van der Waals surface area contributed by atoms with E-state index in [2.05, 4.69) is 12.2 Å². The van der Waals surface area contributed by atoms with Crippen molar-refractivity contribution in [2.75, 3.05) is 13.1 Å². The summed E-state index contributed by atoms with van der Waals surface area (Å²) in [6, 6.07) is 6.69. The molecule has 0 radical (unpaired) electrons. The van der Waals surface area contributed by atoms with Crippen LogP contribution in [0.15, 0.2) is 24.3 Å². The molecule has 0 atom stereocenters. The zero-order valence-corrected chi connectivity index (χ0v) is 10.3. The number of nitro groups is 1. The van der Waals surface area contributed by atoms with Crippen molar-refractivity contribution in [3.05, 3.63) is 39.9 Å². The van der Waals surface area contributed by atoms with E-state index in [0.717, 1.165) is 25.1 Å². The smallest absolute Gasteiger partial charge is 0.269 e. The quantitative estimate of drug-likeness (QED) is 0.509. The van der Waals surface area contributed by atoms with Crippen LogP contribution in [0, 0.1) is 10.1 Å². The Kier molecular flexibility index (Phi) is 6.90. The molecule has 0 aromatic heterocycles. The van der Waals surface area contributed by atoms with Crippen molar-refractivity contribution >= 4 is 22.7 Å². The highest BCUT2D eigenvalue weighted by Gasteiger charge is 2.02. The zero-order valence-electron chi connectivity index (χ0n) is 8.60. The van der Waals surface area contributed by atoms with Gasteiger partial charge in [-0.1, -0.05) is 19.1 Å². The van der Waals surface area contributed by atoms with Crippen molar-refractivity contribution in [2.24, 2.45) is 0 Å². The molecule has 0 aliphatic carbocycles. The van der Waals surface area contributed by atoms with E-state index in [1.165, 1.54) is 0 Å². The van der Waals surface area contributed by atoms with E-state index in [1.807, 2.05) is 0 Å². The Balaban J connectivity index is 0.00000196. The van der Waals surface area contributed by atoms with E-state index < -0.39 is 0 Å². The van der Waals surface area contributed by atoms with Crippen LogP contribution in [-0.2, 0) is 6.42 Å². The van der Waals surface area contributed by atoms with Crippen LogP contribution in [0.1, 0.15) is 12.5 Å². The molecule has 0 heterocycles. The molecule has 0 aliphatic rings. The van der Waals surface area contributed by atoms with Crippen LogP contribution in [0.3, 0.4) is 0 Å². The average Bonchev–Trinajstić information content (AvgIpc) is 2.19. The molecule has 84 valence electrons. The number of rotatable bonds is 5. The van der Waals surface area contributed by atoms with Gasteiger partial charge in [-0.3, -0.25) is 10.1 Å². The second-order valence-corrected chi connectivity index (χ2v) is 3.03. The minimum atomic E-state index is -0.381. The first-order chi connectivity index (χ1) is 6.74. The standard InChI is InChI=1S/C10H14N2O2.BrH/c1-2-11-8-7-9-3-5-10(6-4-9)12(13)14;/h3-6,11H,2,7-8H2,1H3;1H. The highest BCUT2D eigenvalue weighted by atomic mass is 79.9. The van der Waals surface area contributed by atoms with Crippen LogP contribution < -0.4 is 5.32 Å². The number of nitrogens with zero attached hydrogens (tertiary/aromatic N) is 1. The van der Waals surface area contributed by atoms with Crippen LogP contribution in [-0.4, -0.2) is 18.0 Å². The topological polar surface area (TPSA) is 55.2 Å². The van der Waals surface area contributed by atoms with Crippen LogP contribution >= 0.6 is 17.0 Å². The van der Waals surface area contributed by atoms with Crippen LogP contribution in [0.2, 0.25) is 0 Å². The first-order valence-corrected chi connectivity index (χ1v) is 4.68. The third-order valence-electron chi connectivity index (χ3n) is 1.99. The third-order valence-corrected chi connectivity index (χ3v) is 1.99. The molecule has 1 N–H and O–H groups in total. The Morgan fingerprint density at radius 3 is 2.40 bits per heavy atom. The van der Waals surface area contributed by atoms with Crippen molar-refractivity contribution in [3.63, 3.8) is 0 Å². The fraction of sp³-hybridized carbons (Fsp3) is 0.400. The second kappa shape index (κ2) is 7.36. The molecule has 0 fully saturated rings. The van der Waals surface area contributed by atoms with Gasteiger partial charge in [-0.05, 0) is 25.1 Å². The first kappa shape index (κ1) is 14.1. The Hall–Kier alpha value is -0.940. The highest BCUT2D eigenvalue weighted by molar-refractivity contribution is 8.93. The number of likely N-dealkylation sites (N-methyl/N-ethyl adjacent to an activating group) is 1. The van der Waals surface area contributed by atoms with E-state index in [4.69, 9.17) is 0 Å². The lowest BCUT2D eigenvalue weighted by Crippen LogP contribution is -2.15. The SMILES string of the molecule is Br.CCNCCc1ccc([N+](=O)[O-])cc1. The molecule has 1 aromatic carbocycles.